The third-order valence-electron chi connectivity index (χ3n) is 2.14. The Morgan fingerprint density at radius 3 is 3.08 bits per heavy atom. The maximum absolute atomic E-state index is 11.1. The lowest BCUT2D eigenvalue weighted by Crippen LogP contribution is -2.35. The van der Waals surface area contributed by atoms with Crippen molar-refractivity contribution in [3.8, 4) is 0 Å². The molecule has 0 saturated carbocycles. The Balaban J connectivity index is 2.38. The number of cyclic esters (lactones) is 1. The van der Waals surface area contributed by atoms with Gasteiger partial charge in [-0.25, -0.2) is 4.79 Å². The molecule has 1 atom stereocenters. The molecule has 1 fully saturated rings. The van der Waals surface area contributed by atoms with Crippen molar-refractivity contribution in [2.24, 2.45) is 0 Å². The molecule has 1 amide bonds. The van der Waals surface area contributed by atoms with Gasteiger partial charge in [-0.1, -0.05) is 0 Å². The Bertz CT molecular complexity index is 161. The molecule has 1 aliphatic rings. The first-order valence-corrected chi connectivity index (χ1v) is 4.37. The van der Waals surface area contributed by atoms with E-state index >= 15 is 0 Å². The van der Waals surface area contributed by atoms with Gasteiger partial charge in [0, 0.05) is 6.54 Å². The molecule has 4 nitrogen and oxygen atoms in total. The lowest BCUT2D eigenvalue weighted by Gasteiger charge is -2.18. The van der Waals surface area contributed by atoms with Gasteiger partial charge in [0.1, 0.15) is 6.61 Å². The van der Waals surface area contributed by atoms with Crippen LogP contribution in [0.1, 0.15) is 13.3 Å². The Labute approximate surface area is 72.9 Å². The van der Waals surface area contributed by atoms with Crippen molar-refractivity contribution in [3.05, 3.63) is 0 Å². The largest absolute Gasteiger partial charge is 0.447 e. The van der Waals surface area contributed by atoms with Crippen LogP contribution in [0.25, 0.3) is 0 Å². The average molecular weight is 172 g/mol. The van der Waals surface area contributed by atoms with Crippen LogP contribution in [0.5, 0.6) is 0 Å². The van der Waals surface area contributed by atoms with Crippen LogP contribution in [-0.4, -0.2) is 43.8 Å². The number of carbonyl (C=O) groups is 1. The van der Waals surface area contributed by atoms with Gasteiger partial charge in [0.25, 0.3) is 0 Å². The highest BCUT2D eigenvalue weighted by atomic mass is 16.6. The number of nitrogens with zero attached hydrogens (tertiary/aromatic N) is 1. The molecule has 12 heavy (non-hydrogen) atoms. The van der Waals surface area contributed by atoms with Gasteiger partial charge in [-0.05, 0) is 26.9 Å². The summed E-state index contributed by atoms with van der Waals surface area (Å²) in [4.78, 5) is 12.8. The zero-order chi connectivity index (χ0) is 8.97. The van der Waals surface area contributed by atoms with Crippen LogP contribution in [0.3, 0.4) is 0 Å². The molecule has 1 unspecified atom stereocenters. The average Bonchev–Trinajstić information content (AvgIpc) is 2.43. The highest BCUT2D eigenvalue weighted by Gasteiger charge is 2.30. The van der Waals surface area contributed by atoms with Crippen molar-refractivity contribution in [2.75, 3.05) is 26.7 Å². The molecule has 0 aliphatic carbocycles. The molecule has 0 spiro atoms. The lowest BCUT2D eigenvalue weighted by atomic mass is 10.2. The molecule has 1 aliphatic heterocycles. The fraction of sp³-hybridized carbons (Fsp3) is 0.875. The minimum atomic E-state index is -0.168. The molecule has 0 radical (unpaired) electrons. The minimum absolute atomic E-state index is 0.168. The second kappa shape index (κ2) is 4.30. The van der Waals surface area contributed by atoms with Crippen LogP contribution < -0.4 is 5.32 Å². The highest BCUT2D eigenvalue weighted by Crippen LogP contribution is 2.13. The Hall–Kier alpha value is -0.770. The van der Waals surface area contributed by atoms with Crippen molar-refractivity contribution in [3.63, 3.8) is 0 Å². The van der Waals surface area contributed by atoms with E-state index < -0.39 is 0 Å². The van der Waals surface area contributed by atoms with Gasteiger partial charge in [0.15, 0.2) is 0 Å². The molecular formula is C8H16N2O2. The Morgan fingerprint density at radius 1 is 1.75 bits per heavy atom. The standard InChI is InChI=1S/C8H16N2O2/c1-3-10-7(4-5-9-2)6-12-8(10)11/h7,9H,3-6H2,1-2H3. The smallest absolute Gasteiger partial charge is 0.410 e. The molecule has 0 aromatic heterocycles. The van der Waals surface area contributed by atoms with E-state index in [2.05, 4.69) is 5.32 Å². The summed E-state index contributed by atoms with van der Waals surface area (Å²) in [6, 6.07) is 0.273. The van der Waals surface area contributed by atoms with Crippen LogP contribution >= 0.6 is 0 Å². The summed E-state index contributed by atoms with van der Waals surface area (Å²) < 4.78 is 4.93. The van der Waals surface area contributed by atoms with E-state index in [1.165, 1.54) is 0 Å². The number of hydrogen-bond donors (Lipinski definition) is 1. The van der Waals surface area contributed by atoms with Crippen molar-refractivity contribution in [1.82, 2.24) is 10.2 Å². The van der Waals surface area contributed by atoms with Crippen LogP contribution in [0, 0.1) is 0 Å². The molecule has 1 saturated heterocycles. The van der Waals surface area contributed by atoms with Crippen LogP contribution in [0.4, 0.5) is 4.79 Å². The molecular weight excluding hydrogens is 156 g/mol. The summed E-state index contributed by atoms with van der Waals surface area (Å²) in [5.41, 5.74) is 0. The van der Waals surface area contributed by atoms with Gasteiger partial charge >= 0.3 is 6.09 Å². The molecule has 0 bridgehead atoms. The highest BCUT2D eigenvalue weighted by molar-refractivity contribution is 5.69. The number of rotatable bonds is 4. The Kier molecular flexibility index (Phi) is 3.34. The predicted molar refractivity (Wildman–Crippen MR) is 46.1 cm³/mol. The van der Waals surface area contributed by atoms with E-state index in [9.17, 15) is 4.79 Å². The minimum Gasteiger partial charge on any atom is -0.447 e. The second-order valence-electron chi connectivity index (χ2n) is 2.91. The molecule has 1 heterocycles. The number of amides is 1. The van der Waals surface area contributed by atoms with Crippen molar-refractivity contribution in [1.29, 1.82) is 0 Å². The van der Waals surface area contributed by atoms with E-state index in [4.69, 9.17) is 4.74 Å². The molecule has 0 aromatic carbocycles. The van der Waals surface area contributed by atoms with Gasteiger partial charge in [0.2, 0.25) is 0 Å². The topological polar surface area (TPSA) is 41.6 Å². The lowest BCUT2D eigenvalue weighted by molar-refractivity contribution is 0.159. The fourth-order valence-corrected chi connectivity index (χ4v) is 1.43. The molecule has 0 aromatic rings. The fourth-order valence-electron chi connectivity index (χ4n) is 1.43. The monoisotopic (exact) mass is 172 g/mol. The van der Waals surface area contributed by atoms with Crippen molar-refractivity contribution < 1.29 is 9.53 Å². The number of likely N-dealkylation sites (N-methyl/N-ethyl adjacent to an activating group) is 1. The van der Waals surface area contributed by atoms with Gasteiger partial charge < -0.3 is 15.0 Å². The predicted octanol–water partition coefficient (Wildman–Crippen LogP) is 0.437. The summed E-state index contributed by atoms with van der Waals surface area (Å²) in [7, 11) is 1.91. The normalized spacial score (nSPS) is 23.0. The first-order valence-electron chi connectivity index (χ1n) is 4.37. The van der Waals surface area contributed by atoms with Gasteiger partial charge in [-0.15, -0.1) is 0 Å². The van der Waals surface area contributed by atoms with Crippen LogP contribution in [0.2, 0.25) is 0 Å². The molecule has 1 rings (SSSR count). The van der Waals surface area contributed by atoms with E-state index in [1.54, 1.807) is 4.90 Å². The number of nitrogens with one attached hydrogen (secondary N) is 1. The first-order chi connectivity index (χ1) is 5.79. The van der Waals surface area contributed by atoms with E-state index in [0.717, 1.165) is 19.5 Å². The summed E-state index contributed by atoms with van der Waals surface area (Å²) in [6.45, 7) is 4.19. The third-order valence-corrected chi connectivity index (χ3v) is 2.14. The van der Waals surface area contributed by atoms with Gasteiger partial charge in [0.05, 0.1) is 6.04 Å². The van der Waals surface area contributed by atoms with Crippen molar-refractivity contribution >= 4 is 6.09 Å². The van der Waals surface area contributed by atoms with E-state index in [-0.39, 0.29) is 12.1 Å². The molecule has 1 N–H and O–H groups in total. The van der Waals surface area contributed by atoms with E-state index in [0.29, 0.717) is 6.61 Å². The second-order valence-corrected chi connectivity index (χ2v) is 2.91. The SMILES string of the molecule is CCN1C(=O)OCC1CCNC. The van der Waals surface area contributed by atoms with E-state index in [1.807, 2.05) is 14.0 Å². The number of ether oxygens (including phenoxy) is 1. The number of carbonyl (C=O) groups excluding carboxylic acids is 1. The molecule has 70 valence electrons. The zero-order valence-electron chi connectivity index (χ0n) is 7.67. The maximum Gasteiger partial charge on any atom is 0.410 e. The maximum atomic E-state index is 11.1. The van der Waals surface area contributed by atoms with Gasteiger partial charge in [-0.3, -0.25) is 0 Å². The van der Waals surface area contributed by atoms with Crippen LogP contribution in [-0.2, 0) is 4.74 Å². The van der Waals surface area contributed by atoms with Crippen LogP contribution in [0.15, 0.2) is 0 Å². The van der Waals surface area contributed by atoms with Gasteiger partial charge in [-0.2, -0.15) is 0 Å². The van der Waals surface area contributed by atoms with Crippen molar-refractivity contribution in [2.45, 2.75) is 19.4 Å². The summed E-state index contributed by atoms with van der Waals surface area (Å²) >= 11 is 0. The quantitative estimate of drug-likeness (QED) is 0.669. The zero-order valence-corrected chi connectivity index (χ0v) is 7.67. The first kappa shape index (κ1) is 9.32. The molecule has 4 heteroatoms. The summed E-state index contributed by atoms with van der Waals surface area (Å²) in [6.07, 6.45) is 0.800. The summed E-state index contributed by atoms with van der Waals surface area (Å²) in [5, 5.41) is 3.06. The number of hydrogen-bond acceptors (Lipinski definition) is 3. The Morgan fingerprint density at radius 2 is 2.50 bits per heavy atom. The summed E-state index contributed by atoms with van der Waals surface area (Å²) in [5.74, 6) is 0. The third kappa shape index (κ3) is 1.88.